The quantitative estimate of drug-likeness (QED) is 0.429. The molecule has 0 bridgehead atoms. The van der Waals surface area contributed by atoms with Crippen molar-refractivity contribution in [1.29, 1.82) is 0 Å². The van der Waals surface area contributed by atoms with Gasteiger partial charge in [-0.15, -0.1) is 0 Å². The highest BCUT2D eigenvalue weighted by Gasteiger charge is 2.69. The van der Waals surface area contributed by atoms with Gasteiger partial charge < -0.3 is 14.2 Å². The lowest BCUT2D eigenvalue weighted by molar-refractivity contribution is -0.273. The van der Waals surface area contributed by atoms with E-state index in [1.807, 2.05) is 0 Å². The number of fused-ring (bicyclic) bond motifs is 7. The molecule has 0 N–H and O–H groups in total. The zero-order chi connectivity index (χ0) is 23.2. The second-order valence-electron chi connectivity index (χ2n) is 13.7. The average Bonchev–Trinajstić information content (AvgIpc) is 3.21. The standard InChI is InChI=1S/C29H46O4/c1-17-8-13-29(31-16-17)18(2)26-25(33-29)15-24-22-7-6-20-14-21(32-19(3)30)9-11-27(20,4)23(22)10-12-28(24,26)5/h17-18,20-26H,6-16H2,1-5H3/t17-,18+,20+,21-,22-,23?,24?,25+,26+,27+,28+,29-/m1/s1. The van der Waals surface area contributed by atoms with Crippen LogP contribution in [0.1, 0.15) is 98.8 Å². The topological polar surface area (TPSA) is 44.8 Å². The van der Waals surface area contributed by atoms with Crippen molar-refractivity contribution >= 4 is 5.97 Å². The first-order valence-electron chi connectivity index (χ1n) is 14.2. The molecule has 6 rings (SSSR count). The SMILES string of the molecule is CC(=O)O[C@@H]1CC[C@]2(C)C3CC[C@@]4(C)C(C[C@@H]5O[C@]6(CC[C@@H](C)CO6)[C@@H](C)[C@@H]54)[C@@H]3CC[C@H]2C1. The molecule has 4 saturated carbocycles. The van der Waals surface area contributed by atoms with Crippen LogP contribution in [0.2, 0.25) is 0 Å². The molecule has 6 aliphatic rings. The lowest BCUT2D eigenvalue weighted by Gasteiger charge is -2.61. The van der Waals surface area contributed by atoms with E-state index in [0.717, 1.165) is 49.5 Å². The molecule has 0 radical (unpaired) electrons. The van der Waals surface area contributed by atoms with E-state index >= 15 is 0 Å². The van der Waals surface area contributed by atoms with Crippen LogP contribution in [0.15, 0.2) is 0 Å². The van der Waals surface area contributed by atoms with E-state index < -0.39 is 0 Å². The molecule has 33 heavy (non-hydrogen) atoms. The summed E-state index contributed by atoms with van der Waals surface area (Å²) in [4.78, 5) is 11.5. The molecule has 186 valence electrons. The third-order valence-corrected chi connectivity index (χ3v) is 12.2. The largest absolute Gasteiger partial charge is 0.463 e. The summed E-state index contributed by atoms with van der Waals surface area (Å²) in [6.07, 6.45) is 12.9. The Hall–Kier alpha value is -0.610. The van der Waals surface area contributed by atoms with E-state index in [2.05, 4.69) is 27.7 Å². The first-order chi connectivity index (χ1) is 15.7. The molecule has 1 spiro atoms. The third kappa shape index (κ3) is 3.25. The predicted octanol–water partition coefficient (Wildman–Crippen LogP) is 6.36. The first-order valence-corrected chi connectivity index (χ1v) is 14.2. The minimum Gasteiger partial charge on any atom is -0.463 e. The van der Waals surface area contributed by atoms with Gasteiger partial charge in [-0.25, -0.2) is 0 Å². The van der Waals surface area contributed by atoms with Crippen LogP contribution >= 0.6 is 0 Å². The molecule has 4 aliphatic carbocycles. The fraction of sp³-hybridized carbons (Fsp3) is 0.966. The van der Waals surface area contributed by atoms with Crippen molar-refractivity contribution in [3.8, 4) is 0 Å². The summed E-state index contributed by atoms with van der Waals surface area (Å²) < 4.78 is 19.1. The van der Waals surface area contributed by atoms with Crippen molar-refractivity contribution in [2.75, 3.05) is 6.61 Å². The van der Waals surface area contributed by atoms with Gasteiger partial charge in [-0.2, -0.15) is 0 Å². The highest BCUT2D eigenvalue weighted by atomic mass is 16.7. The zero-order valence-electron chi connectivity index (χ0n) is 21.6. The van der Waals surface area contributed by atoms with Gasteiger partial charge in [-0.05, 0) is 104 Å². The Morgan fingerprint density at radius 2 is 1.70 bits per heavy atom. The van der Waals surface area contributed by atoms with Gasteiger partial charge in [0.25, 0.3) is 0 Å². The van der Waals surface area contributed by atoms with Crippen LogP contribution < -0.4 is 0 Å². The van der Waals surface area contributed by atoms with E-state index in [-0.39, 0.29) is 17.9 Å². The number of hydrogen-bond donors (Lipinski definition) is 0. The molecular formula is C29H46O4. The second kappa shape index (κ2) is 7.69. The Morgan fingerprint density at radius 1 is 0.909 bits per heavy atom. The highest BCUT2D eigenvalue weighted by molar-refractivity contribution is 5.66. The van der Waals surface area contributed by atoms with Crippen LogP contribution in [-0.2, 0) is 19.0 Å². The van der Waals surface area contributed by atoms with Gasteiger partial charge in [0.15, 0.2) is 5.79 Å². The average molecular weight is 459 g/mol. The van der Waals surface area contributed by atoms with Crippen LogP contribution in [0, 0.1) is 52.3 Å². The normalized spacial score (nSPS) is 57.7. The summed E-state index contributed by atoms with van der Waals surface area (Å²) in [6.45, 7) is 12.4. The monoisotopic (exact) mass is 458 g/mol. The first kappa shape index (κ1) is 22.8. The van der Waals surface area contributed by atoms with Crippen LogP contribution in [0.4, 0.5) is 0 Å². The summed E-state index contributed by atoms with van der Waals surface area (Å²) in [5.74, 6) is 4.63. The number of rotatable bonds is 1. The fourth-order valence-corrected chi connectivity index (χ4v) is 10.6. The van der Waals surface area contributed by atoms with E-state index in [4.69, 9.17) is 14.2 Å². The third-order valence-electron chi connectivity index (χ3n) is 12.2. The lowest BCUT2D eigenvalue weighted by Crippen LogP contribution is -2.55. The van der Waals surface area contributed by atoms with Gasteiger partial charge in [0.05, 0.1) is 12.7 Å². The van der Waals surface area contributed by atoms with E-state index in [1.165, 1.54) is 44.9 Å². The predicted molar refractivity (Wildman–Crippen MR) is 127 cm³/mol. The molecule has 2 heterocycles. The molecule has 2 saturated heterocycles. The second-order valence-corrected chi connectivity index (χ2v) is 13.7. The maximum Gasteiger partial charge on any atom is 0.302 e. The Labute approximate surface area is 200 Å². The minimum atomic E-state index is -0.300. The molecule has 0 aromatic rings. The molecule has 4 nitrogen and oxygen atoms in total. The fourth-order valence-electron chi connectivity index (χ4n) is 10.6. The van der Waals surface area contributed by atoms with Crippen LogP contribution in [0.3, 0.4) is 0 Å². The van der Waals surface area contributed by atoms with Gasteiger partial charge in [0.1, 0.15) is 6.10 Å². The summed E-state index contributed by atoms with van der Waals surface area (Å²) >= 11 is 0. The van der Waals surface area contributed by atoms with Crippen LogP contribution in [-0.4, -0.2) is 30.6 Å². The maximum atomic E-state index is 11.5. The molecule has 0 aromatic heterocycles. The molecule has 2 aliphatic heterocycles. The maximum absolute atomic E-state index is 11.5. The van der Waals surface area contributed by atoms with Gasteiger partial charge in [-0.1, -0.05) is 27.7 Å². The molecule has 2 unspecified atom stereocenters. The van der Waals surface area contributed by atoms with Crippen LogP contribution in [0.5, 0.6) is 0 Å². The Kier molecular flexibility index (Phi) is 5.32. The lowest BCUT2D eigenvalue weighted by atomic mass is 9.44. The van der Waals surface area contributed by atoms with Gasteiger partial charge in [0, 0.05) is 19.3 Å². The summed E-state index contributed by atoms with van der Waals surface area (Å²) in [6, 6.07) is 0. The number of carbonyl (C=O) groups excluding carboxylic acids is 1. The molecule has 4 heteroatoms. The number of esters is 1. The van der Waals surface area contributed by atoms with Crippen LogP contribution in [0.25, 0.3) is 0 Å². The van der Waals surface area contributed by atoms with Crippen molar-refractivity contribution in [1.82, 2.24) is 0 Å². The molecular weight excluding hydrogens is 412 g/mol. The minimum absolute atomic E-state index is 0.105. The van der Waals surface area contributed by atoms with Crippen molar-refractivity contribution in [3.63, 3.8) is 0 Å². The van der Waals surface area contributed by atoms with E-state index in [0.29, 0.717) is 34.7 Å². The van der Waals surface area contributed by atoms with Gasteiger partial charge >= 0.3 is 5.97 Å². The Bertz CT molecular complexity index is 786. The number of hydrogen-bond acceptors (Lipinski definition) is 4. The smallest absolute Gasteiger partial charge is 0.302 e. The number of carbonyl (C=O) groups is 1. The van der Waals surface area contributed by atoms with Crippen molar-refractivity contribution in [3.05, 3.63) is 0 Å². The molecule has 6 fully saturated rings. The summed E-state index contributed by atoms with van der Waals surface area (Å²) in [5.41, 5.74) is 0.828. The summed E-state index contributed by atoms with van der Waals surface area (Å²) in [7, 11) is 0. The van der Waals surface area contributed by atoms with Gasteiger partial charge in [-0.3, -0.25) is 4.79 Å². The highest BCUT2D eigenvalue weighted by Crippen LogP contribution is 2.71. The molecule has 12 atom stereocenters. The van der Waals surface area contributed by atoms with Crippen molar-refractivity contribution in [2.45, 2.75) is 117 Å². The summed E-state index contributed by atoms with van der Waals surface area (Å²) in [5, 5.41) is 0. The van der Waals surface area contributed by atoms with E-state index in [9.17, 15) is 4.79 Å². The Balaban J connectivity index is 1.21. The molecule has 0 amide bonds. The number of ether oxygens (including phenoxy) is 3. The van der Waals surface area contributed by atoms with Crippen molar-refractivity contribution in [2.24, 2.45) is 52.3 Å². The van der Waals surface area contributed by atoms with E-state index in [1.54, 1.807) is 6.92 Å². The Morgan fingerprint density at radius 3 is 2.42 bits per heavy atom. The van der Waals surface area contributed by atoms with Crippen molar-refractivity contribution < 1.29 is 19.0 Å². The molecule has 0 aromatic carbocycles. The zero-order valence-corrected chi connectivity index (χ0v) is 21.6. The van der Waals surface area contributed by atoms with Gasteiger partial charge in [0.2, 0.25) is 0 Å².